The number of hydrogen-bond acceptors (Lipinski definition) is 5. The van der Waals surface area contributed by atoms with Gasteiger partial charge >= 0.3 is 0 Å². The van der Waals surface area contributed by atoms with Crippen molar-refractivity contribution in [3.63, 3.8) is 0 Å². The summed E-state index contributed by atoms with van der Waals surface area (Å²) in [5.41, 5.74) is 2.42. The Bertz CT molecular complexity index is 1480. The van der Waals surface area contributed by atoms with Gasteiger partial charge in [0.15, 0.2) is 11.5 Å². The molecule has 0 radical (unpaired) electrons. The monoisotopic (exact) mass is 499 g/mol. The summed E-state index contributed by atoms with van der Waals surface area (Å²) in [6, 6.07) is 25.2. The van der Waals surface area contributed by atoms with Crippen LogP contribution in [-0.2, 0) is 17.9 Å². The predicted octanol–water partition coefficient (Wildman–Crippen LogP) is 6.80. The molecule has 180 valence electrons. The Hall–Kier alpha value is -4.10. The third-order valence-electron chi connectivity index (χ3n) is 5.82. The fraction of sp³-hybridized carbons (Fsp3) is 0.103. The third-order valence-corrected chi connectivity index (χ3v) is 6.73. The smallest absolute Gasteiger partial charge is 0.293 e. The van der Waals surface area contributed by atoms with Gasteiger partial charge in [-0.15, -0.1) is 0 Å². The molecule has 5 rings (SSSR count). The summed E-state index contributed by atoms with van der Waals surface area (Å²) in [6.07, 6.45) is 1.68. The Morgan fingerprint density at radius 1 is 0.861 bits per heavy atom. The summed E-state index contributed by atoms with van der Waals surface area (Å²) >= 11 is 0.922. The summed E-state index contributed by atoms with van der Waals surface area (Å²) in [4.78, 5) is 27.3. The van der Waals surface area contributed by atoms with E-state index < -0.39 is 0 Å². The number of nitrogens with zero attached hydrogens (tertiary/aromatic N) is 1. The molecule has 4 aromatic rings. The lowest BCUT2D eigenvalue weighted by Gasteiger charge is -2.13. The van der Waals surface area contributed by atoms with Crippen LogP contribution in [-0.4, -0.2) is 23.2 Å². The normalized spacial score (nSPS) is 14.6. The molecule has 36 heavy (non-hydrogen) atoms. The number of thioether (sulfide) groups is 1. The number of fused-ring (bicyclic) bond motifs is 1. The molecule has 1 saturated heterocycles. The Morgan fingerprint density at radius 2 is 1.61 bits per heavy atom. The summed E-state index contributed by atoms with van der Waals surface area (Å²) < 4.78 is 24.4. The van der Waals surface area contributed by atoms with E-state index in [4.69, 9.17) is 9.47 Å². The molecule has 0 aliphatic carbocycles. The summed E-state index contributed by atoms with van der Waals surface area (Å²) in [7, 11) is 1.53. The van der Waals surface area contributed by atoms with Crippen LogP contribution >= 0.6 is 11.8 Å². The number of imide groups is 1. The standard InChI is InChI=1S/C29H22FNO4S/c1-34-26-15-20(9-13-25(26)35-18-19-7-11-24(30)12-8-19)16-27-28(32)31(29(33)36-27)17-21-6-10-22-4-2-3-5-23(22)14-21/h2-16H,17-18H2,1H3/b27-16-. The zero-order chi connectivity index (χ0) is 25.1. The minimum Gasteiger partial charge on any atom is -0.493 e. The van der Waals surface area contributed by atoms with E-state index in [2.05, 4.69) is 0 Å². The van der Waals surface area contributed by atoms with E-state index in [0.29, 0.717) is 22.0 Å². The molecule has 1 aliphatic rings. The lowest BCUT2D eigenvalue weighted by atomic mass is 10.1. The van der Waals surface area contributed by atoms with E-state index in [9.17, 15) is 14.0 Å². The van der Waals surface area contributed by atoms with E-state index in [0.717, 1.165) is 33.7 Å². The molecule has 0 saturated carbocycles. The van der Waals surface area contributed by atoms with Gasteiger partial charge in [-0.25, -0.2) is 4.39 Å². The van der Waals surface area contributed by atoms with Crippen molar-refractivity contribution >= 4 is 39.8 Å². The molecule has 7 heteroatoms. The minimum atomic E-state index is -0.325. The highest BCUT2D eigenvalue weighted by molar-refractivity contribution is 8.18. The van der Waals surface area contributed by atoms with Crippen molar-refractivity contribution in [3.8, 4) is 11.5 Å². The highest BCUT2D eigenvalue weighted by atomic mass is 32.2. The minimum absolute atomic E-state index is 0.215. The van der Waals surface area contributed by atoms with Crippen LogP contribution in [0.15, 0.2) is 89.8 Å². The maximum absolute atomic E-state index is 13.1. The molecule has 0 atom stereocenters. The number of methoxy groups -OCH3 is 1. The Labute approximate surface area is 212 Å². The zero-order valence-corrected chi connectivity index (χ0v) is 20.3. The topological polar surface area (TPSA) is 55.8 Å². The molecule has 2 amide bonds. The molecule has 0 unspecified atom stereocenters. The number of amides is 2. The zero-order valence-electron chi connectivity index (χ0n) is 19.4. The highest BCUT2D eigenvalue weighted by Crippen LogP contribution is 2.35. The van der Waals surface area contributed by atoms with Crippen molar-refractivity contribution in [2.45, 2.75) is 13.2 Å². The molecule has 5 nitrogen and oxygen atoms in total. The van der Waals surface area contributed by atoms with Crippen LogP contribution in [0.25, 0.3) is 16.8 Å². The van der Waals surface area contributed by atoms with Gasteiger partial charge < -0.3 is 9.47 Å². The van der Waals surface area contributed by atoms with Crippen LogP contribution in [0.2, 0.25) is 0 Å². The fourth-order valence-electron chi connectivity index (χ4n) is 3.94. The van der Waals surface area contributed by atoms with Gasteiger partial charge in [-0.2, -0.15) is 0 Å². The van der Waals surface area contributed by atoms with Crippen molar-refractivity contribution < 1.29 is 23.5 Å². The fourth-order valence-corrected chi connectivity index (χ4v) is 4.78. The Balaban J connectivity index is 1.30. The van der Waals surface area contributed by atoms with Crippen LogP contribution in [0.5, 0.6) is 11.5 Å². The van der Waals surface area contributed by atoms with E-state index in [1.165, 1.54) is 24.1 Å². The molecule has 1 fully saturated rings. The summed E-state index contributed by atoms with van der Waals surface area (Å²) in [5.74, 6) is 0.376. The highest BCUT2D eigenvalue weighted by Gasteiger charge is 2.35. The third kappa shape index (κ3) is 5.11. The molecule has 0 N–H and O–H groups in total. The number of ether oxygens (including phenoxy) is 2. The average molecular weight is 500 g/mol. The van der Waals surface area contributed by atoms with Gasteiger partial charge in [0.05, 0.1) is 18.6 Å². The van der Waals surface area contributed by atoms with Crippen LogP contribution in [0, 0.1) is 5.82 Å². The van der Waals surface area contributed by atoms with Crippen molar-refractivity contribution in [2.24, 2.45) is 0 Å². The second kappa shape index (κ2) is 10.3. The SMILES string of the molecule is COc1cc(/C=C2\SC(=O)N(Cc3ccc4ccccc4c3)C2=O)ccc1OCc1ccc(F)cc1. The average Bonchev–Trinajstić information content (AvgIpc) is 3.16. The van der Waals surface area contributed by atoms with Crippen LogP contribution in [0.1, 0.15) is 16.7 Å². The quantitative estimate of drug-likeness (QED) is 0.262. The lowest BCUT2D eigenvalue weighted by Crippen LogP contribution is -2.27. The van der Waals surface area contributed by atoms with Crippen molar-refractivity contribution in [1.29, 1.82) is 0 Å². The second-order valence-electron chi connectivity index (χ2n) is 8.27. The number of carbonyl (C=O) groups is 2. The van der Waals surface area contributed by atoms with Gasteiger partial charge in [0, 0.05) is 0 Å². The van der Waals surface area contributed by atoms with Gasteiger partial charge in [-0.3, -0.25) is 14.5 Å². The lowest BCUT2D eigenvalue weighted by molar-refractivity contribution is -0.123. The first-order chi connectivity index (χ1) is 17.5. The Morgan fingerprint density at radius 3 is 2.39 bits per heavy atom. The number of rotatable bonds is 7. The van der Waals surface area contributed by atoms with E-state index in [-0.39, 0.29) is 30.1 Å². The molecule has 0 aromatic heterocycles. The van der Waals surface area contributed by atoms with Crippen molar-refractivity contribution in [1.82, 2.24) is 4.90 Å². The molecular formula is C29H22FNO4S. The molecular weight excluding hydrogens is 477 g/mol. The van der Waals surface area contributed by atoms with Gasteiger partial charge in [0.1, 0.15) is 12.4 Å². The molecule has 1 heterocycles. The van der Waals surface area contributed by atoms with E-state index in [1.54, 1.807) is 36.4 Å². The van der Waals surface area contributed by atoms with Crippen molar-refractivity contribution in [3.05, 3.63) is 112 Å². The second-order valence-corrected chi connectivity index (χ2v) is 9.27. The number of hydrogen-bond donors (Lipinski definition) is 0. The largest absolute Gasteiger partial charge is 0.493 e. The number of halogens is 1. The van der Waals surface area contributed by atoms with Gasteiger partial charge in [0.25, 0.3) is 11.1 Å². The first kappa shape index (κ1) is 23.6. The van der Waals surface area contributed by atoms with Crippen molar-refractivity contribution in [2.75, 3.05) is 7.11 Å². The van der Waals surface area contributed by atoms with Crippen LogP contribution < -0.4 is 9.47 Å². The van der Waals surface area contributed by atoms with Gasteiger partial charge in [-0.1, -0.05) is 54.6 Å². The predicted molar refractivity (Wildman–Crippen MR) is 139 cm³/mol. The first-order valence-corrected chi connectivity index (χ1v) is 12.1. The van der Waals surface area contributed by atoms with Crippen LogP contribution in [0.3, 0.4) is 0 Å². The summed E-state index contributed by atoms with van der Waals surface area (Å²) in [5, 5.41) is 1.87. The Kier molecular flexibility index (Phi) is 6.73. The van der Waals surface area contributed by atoms with E-state index in [1.807, 2.05) is 42.5 Å². The van der Waals surface area contributed by atoms with E-state index >= 15 is 0 Å². The van der Waals surface area contributed by atoms with Gasteiger partial charge in [0.2, 0.25) is 0 Å². The number of carbonyl (C=O) groups excluding carboxylic acids is 2. The molecule has 0 spiro atoms. The maximum atomic E-state index is 13.1. The number of benzene rings is 4. The maximum Gasteiger partial charge on any atom is 0.293 e. The van der Waals surface area contributed by atoms with Gasteiger partial charge in [-0.05, 0) is 75.6 Å². The molecule has 0 bridgehead atoms. The summed E-state index contributed by atoms with van der Waals surface area (Å²) in [6.45, 7) is 0.468. The first-order valence-electron chi connectivity index (χ1n) is 11.3. The molecule has 1 aliphatic heterocycles. The molecule has 4 aromatic carbocycles. The van der Waals surface area contributed by atoms with Crippen LogP contribution in [0.4, 0.5) is 9.18 Å².